The van der Waals surface area contributed by atoms with Crippen molar-refractivity contribution in [2.75, 3.05) is 13.1 Å². The highest BCUT2D eigenvalue weighted by Crippen LogP contribution is 2.29. The third-order valence-corrected chi connectivity index (χ3v) is 4.60. The van der Waals surface area contributed by atoms with Gasteiger partial charge in [0.2, 0.25) is 17.3 Å². The molecule has 4 heterocycles. The number of nitrogens with zero attached hydrogens (tertiary/aromatic N) is 3. The molecule has 1 aliphatic rings. The van der Waals surface area contributed by atoms with Gasteiger partial charge in [-0.05, 0) is 17.5 Å². The maximum Gasteiger partial charge on any atom is 0.255 e. The zero-order chi connectivity index (χ0) is 15.8. The topological polar surface area (TPSA) is 92.1 Å². The molecule has 3 aromatic rings. The highest BCUT2D eigenvalue weighted by atomic mass is 32.1. The standard InChI is InChI=1S/C15H12N4O3S/c20-12-4-3-9(6-16-12)15(21)19-7-10(8-19)14-17-13(18-22-14)11-2-1-5-23-11/h1-6,10H,7-8H2,(H,16,20). The Bertz CT molecular complexity index is 873. The van der Waals surface area contributed by atoms with Gasteiger partial charge in [0.15, 0.2) is 0 Å². The van der Waals surface area contributed by atoms with Crippen LogP contribution in [-0.4, -0.2) is 39.0 Å². The maximum absolute atomic E-state index is 12.2. The zero-order valence-electron chi connectivity index (χ0n) is 11.9. The Labute approximate surface area is 134 Å². The summed E-state index contributed by atoms with van der Waals surface area (Å²) in [6.45, 7) is 1.06. The molecule has 3 aromatic heterocycles. The van der Waals surface area contributed by atoms with E-state index in [0.29, 0.717) is 30.4 Å². The minimum absolute atomic E-state index is 0.0583. The highest BCUT2D eigenvalue weighted by molar-refractivity contribution is 7.13. The predicted octanol–water partition coefficient (Wildman–Crippen LogP) is 1.73. The van der Waals surface area contributed by atoms with Crippen LogP contribution < -0.4 is 5.56 Å². The first-order chi connectivity index (χ1) is 11.2. The zero-order valence-corrected chi connectivity index (χ0v) is 12.7. The number of thiophene rings is 1. The molecule has 0 aromatic carbocycles. The summed E-state index contributed by atoms with van der Waals surface area (Å²) in [5.41, 5.74) is 0.239. The van der Waals surface area contributed by atoms with Gasteiger partial charge in [-0.1, -0.05) is 11.2 Å². The van der Waals surface area contributed by atoms with Gasteiger partial charge in [0, 0.05) is 25.4 Å². The second-order valence-corrected chi connectivity index (χ2v) is 6.23. The molecule has 0 unspecified atom stereocenters. The number of hydrogen-bond donors (Lipinski definition) is 1. The monoisotopic (exact) mass is 328 g/mol. The average Bonchev–Trinajstić information content (AvgIpc) is 3.17. The van der Waals surface area contributed by atoms with E-state index >= 15 is 0 Å². The van der Waals surface area contributed by atoms with E-state index in [1.165, 1.54) is 18.3 Å². The lowest BCUT2D eigenvalue weighted by Gasteiger charge is -2.37. The molecule has 4 rings (SSSR count). The normalized spacial score (nSPS) is 14.7. The van der Waals surface area contributed by atoms with Gasteiger partial charge in [-0.15, -0.1) is 11.3 Å². The lowest BCUT2D eigenvalue weighted by Crippen LogP contribution is -2.48. The minimum atomic E-state index is -0.227. The van der Waals surface area contributed by atoms with Gasteiger partial charge >= 0.3 is 0 Å². The number of carbonyl (C=O) groups is 1. The SMILES string of the molecule is O=C(c1ccc(=O)[nH]c1)N1CC(c2nc(-c3cccs3)no2)C1. The Morgan fingerprint density at radius 2 is 2.22 bits per heavy atom. The van der Waals surface area contributed by atoms with E-state index in [0.717, 1.165) is 4.88 Å². The van der Waals surface area contributed by atoms with Gasteiger partial charge < -0.3 is 14.4 Å². The fourth-order valence-electron chi connectivity index (χ4n) is 2.43. The molecule has 23 heavy (non-hydrogen) atoms. The van der Waals surface area contributed by atoms with Gasteiger partial charge in [-0.25, -0.2) is 0 Å². The van der Waals surface area contributed by atoms with Crippen molar-refractivity contribution in [2.45, 2.75) is 5.92 Å². The van der Waals surface area contributed by atoms with Crippen LogP contribution in [0, 0.1) is 0 Å². The largest absolute Gasteiger partial charge is 0.339 e. The van der Waals surface area contributed by atoms with Gasteiger partial charge in [0.05, 0.1) is 16.4 Å². The second-order valence-electron chi connectivity index (χ2n) is 5.28. The Morgan fingerprint density at radius 3 is 2.91 bits per heavy atom. The molecule has 0 spiro atoms. The number of aromatic nitrogens is 3. The molecule has 1 amide bonds. The molecule has 116 valence electrons. The number of hydrogen-bond acceptors (Lipinski definition) is 6. The van der Waals surface area contributed by atoms with E-state index in [2.05, 4.69) is 15.1 Å². The molecule has 0 saturated carbocycles. The summed E-state index contributed by atoms with van der Waals surface area (Å²) in [7, 11) is 0. The first-order valence-electron chi connectivity index (χ1n) is 7.06. The van der Waals surface area contributed by atoms with Gasteiger partial charge in [0.1, 0.15) is 0 Å². The Kier molecular flexibility index (Phi) is 3.30. The van der Waals surface area contributed by atoms with Gasteiger partial charge in [-0.3, -0.25) is 9.59 Å². The number of amides is 1. The number of pyridine rings is 1. The maximum atomic E-state index is 12.2. The van der Waals surface area contributed by atoms with Gasteiger partial charge in [-0.2, -0.15) is 4.98 Å². The fraction of sp³-hybridized carbons (Fsp3) is 0.200. The molecule has 1 N–H and O–H groups in total. The van der Waals surface area contributed by atoms with Crippen molar-refractivity contribution >= 4 is 17.2 Å². The van der Waals surface area contributed by atoms with Crippen LogP contribution in [0.25, 0.3) is 10.7 Å². The number of rotatable bonds is 3. The van der Waals surface area contributed by atoms with Crippen LogP contribution >= 0.6 is 11.3 Å². The summed E-state index contributed by atoms with van der Waals surface area (Å²) in [5.74, 6) is 1.08. The van der Waals surface area contributed by atoms with Crippen molar-refractivity contribution in [3.8, 4) is 10.7 Å². The van der Waals surface area contributed by atoms with E-state index in [4.69, 9.17) is 4.52 Å². The molecule has 0 bridgehead atoms. The lowest BCUT2D eigenvalue weighted by atomic mass is 9.99. The van der Waals surface area contributed by atoms with E-state index in [1.54, 1.807) is 16.2 Å². The van der Waals surface area contributed by atoms with Crippen LogP contribution in [0.4, 0.5) is 0 Å². The number of carbonyl (C=O) groups excluding carboxylic acids is 1. The van der Waals surface area contributed by atoms with Crippen LogP contribution in [0.3, 0.4) is 0 Å². The van der Waals surface area contributed by atoms with Crippen LogP contribution in [0.5, 0.6) is 0 Å². The number of H-pyrrole nitrogens is 1. The molecule has 0 radical (unpaired) electrons. The summed E-state index contributed by atoms with van der Waals surface area (Å²) in [6, 6.07) is 6.74. The molecular weight excluding hydrogens is 316 g/mol. The Morgan fingerprint density at radius 1 is 1.35 bits per heavy atom. The molecule has 1 saturated heterocycles. The first-order valence-corrected chi connectivity index (χ1v) is 7.94. The van der Waals surface area contributed by atoms with Crippen molar-refractivity contribution in [2.24, 2.45) is 0 Å². The molecule has 0 atom stereocenters. The van der Waals surface area contributed by atoms with Crippen molar-refractivity contribution in [3.63, 3.8) is 0 Å². The van der Waals surface area contributed by atoms with Crippen molar-refractivity contribution in [1.29, 1.82) is 0 Å². The first kappa shape index (κ1) is 13.9. The van der Waals surface area contributed by atoms with Crippen LogP contribution in [0.1, 0.15) is 22.2 Å². The van der Waals surface area contributed by atoms with E-state index < -0.39 is 0 Å². The summed E-state index contributed by atoms with van der Waals surface area (Å²) >= 11 is 1.55. The summed E-state index contributed by atoms with van der Waals surface area (Å²) in [5, 5.41) is 5.94. The van der Waals surface area contributed by atoms with Crippen molar-refractivity contribution in [3.05, 3.63) is 57.7 Å². The minimum Gasteiger partial charge on any atom is -0.339 e. The number of aromatic amines is 1. The number of likely N-dealkylation sites (tertiary alicyclic amines) is 1. The molecule has 1 fully saturated rings. The van der Waals surface area contributed by atoms with Crippen LogP contribution in [-0.2, 0) is 0 Å². The fourth-order valence-corrected chi connectivity index (χ4v) is 3.08. The van der Waals surface area contributed by atoms with Crippen LogP contribution in [0.2, 0.25) is 0 Å². The number of nitrogens with one attached hydrogen (secondary N) is 1. The van der Waals surface area contributed by atoms with Crippen molar-refractivity contribution in [1.82, 2.24) is 20.0 Å². The van der Waals surface area contributed by atoms with E-state index in [-0.39, 0.29) is 17.4 Å². The summed E-state index contributed by atoms with van der Waals surface area (Å²) in [4.78, 5) is 32.8. The van der Waals surface area contributed by atoms with Gasteiger partial charge in [0.25, 0.3) is 5.91 Å². The lowest BCUT2D eigenvalue weighted by molar-refractivity contribution is 0.0568. The third kappa shape index (κ3) is 2.57. The molecular formula is C15H12N4O3S. The summed E-state index contributed by atoms with van der Waals surface area (Å²) in [6.07, 6.45) is 1.43. The molecule has 7 nitrogen and oxygen atoms in total. The smallest absolute Gasteiger partial charge is 0.255 e. The Balaban J connectivity index is 1.42. The highest BCUT2D eigenvalue weighted by Gasteiger charge is 2.36. The molecule has 1 aliphatic heterocycles. The second kappa shape index (κ2) is 5.47. The average molecular weight is 328 g/mol. The van der Waals surface area contributed by atoms with E-state index in [1.807, 2.05) is 17.5 Å². The summed E-state index contributed by atoms with van der Waals surface area (Å²) < 4.78 is 5.30. The third-order valence-electron chi connectivity index (χ3n) is 3.73. The van der Waals surface area contributed by atoms with Crippen LogP contribution in [0.15, 0.2) is 45.2 Å². The Hall–Kier alpha value is -2.74. The molecule has 0 aliphatic carbocycles. The predicted molar refractivity (Wildman–Crippen MR) is 83.3 cm³/mol. The van der Waals surface area contributed by atoms with E-state index in [9.17, 15) is 9.59 Å². The molecule has 8 heteroatoms. The quantitative estimate of drug-likeness (QED) is 0.790. The van der Waals surface area contributed by atoms with Crippen molar-refractivity contribution < 1.29 is 9.32 Å².